The Hall–Kier alpha value is -3.21. The van der Waals surface area contributed by atoms with E-state index >= 15 is 0 Å². The van der Waals surface area contributed by atoms with Crippen LogP contribution in [0.15, 0.2) is 60.7 Å². The summed E-state index contributed by atoms with van der Waals surface area (Å²) in [5.74, 6) is 1.85. The van der Waals surface area contributed by atoms with Crippen molar-refractivity contribution in [2.75, 3.05) is 20.8 Å². The molecule has 0 heterocycles. The summed E-state index contributed by atoms with van der Waals surface area (Å²) in [6.07, 6.45) is 0. The molecule has 1 N–H and O–H groups in total. The average molecular weight is 365 g/mol. The minimum atomic E-state index is -0.191. The lowest BCUT2D eigenvalue weighted by atomic mass is 10.1. The summed E-state index contributed by atoms with van der Waals surface area (Å²) in [6.45, 7) is 2.25. The molecule has 5 heteroatoms. The van der Waals surface area contributed by atoms with Gasteiger partial charge in [-0.05, 0) is 54.1 Å². The number of benzene rings is 3. The lowest BCUT2D eigenvalue weighted by Gasteiger charge is -2.17. The van der Waals surface area contributed by atoms with Crippen molar-refractivity contribution < 1.29 is 19.0 Å². The van der Waals surface area contributed by atoms with Crippen LogP contribution in [0.1, 0.15) is 17.3 Å². The smallest absolute Gasteiger partial charge is 0.255 e. The van der Waals surface area contributed by atoms with Crippen LogP contribution < -0.4 is 19.5 Å². The molecule has 1 amide bonds. The van der Waals surface area contributed by atoms with Crippen molar-refractivity contribution in [2.45, 2.75) is 13.0 Å². The molecule has 0 aliphatic rings. The van der Waals surface area contributed by atoms with Crippen molar-refractivity contribution in [3.8, 4) is 17.2 Å². The van der Waals surface area contributed by atoms with E-state index in [9.17, 15) is 4.79 Å². The van der Waals surface area contributed by atoms with Crippen LogP contribution in [0, 0.1) is 0 Å². The van der Waals surface area contributed by atoms with Crippen LogP contribution in [0.2, 0.25) is 0 Å². The molecule has 0 saturated heterocycles. The van der Waals surface area contributed by atoms with Crippen LogP contribution in [0.5, 0.6) is 17.2 Å². The van der Waals surface area contributed by atoms with Crippen molar-refractivity contribution in [2.24, 2.45) is 0 Å². The number of carbonyl (C=O) groups excluding carboxylic acids is 1. The zero-order chi connectivity index (χ0) is 19.2. The number of carbonyl (C=O) groups is 1. The molecule has 1 atom stereocenters. The molecule has 3 rings (SSSR count). The summed E-state index contributed by atoms with van der Waals surface area (Å²) < 4.78 is 16.3. The Kier molecular flexibility index (Phi) is 5.81. The minimum Gasteiger partial charge on any atom is -0.497 e. The van der Waals surface area contributed by atoms with Crippen LogP contribution in [0.4, 0.5) is 0 Å². The van der Waals surface area contributed by atoms with Gasteiger partial charge in [0.05, 0.1) is 25.8 Å². The minimum absolute atomic E-state index is 0.171. The molecule has 0 saturated carbocycles. The number of fused-ring (bicyclic) bond motifs is 1. The first-order valence-corrected chi connectivity index (χ1v) is 8.75. The van der Waals surface area contributed by atoms with Crippen LogP contribution in [-0.2, 0) is 0 Å². The zero-order valence-corrected chi connectivity index (χ0v) is 15.7. The van der Waals surface area contributed by atoms with Gasteiger partial charge in [0.2, 0.25) is 0 Å². The molecule has 0 aliphatic carbocycles. The van der Waals surface area contributed by atoms with E-state index in [0.29, 0.717) is 17.9 Å². The number of hydrogen-bond acceptors (Lipinski definition) is 4. The maximum Gasteiger partial charge on any atom is 0.255 e. The van der Waals surface area contributed by atoms with Gasteiger partial charge >= 0.3 is 0 Å². The maximum absolute atomic E-state index is 12.7. The van der Waals surface area contributed by atoms with Gasteiger partial charge in [-0.1, -0.05) is 24.3 Å². The highest BCUT2D eigenvalue weighted by Crippen LogP contribution is 2.26. The predicted molar refractivity (Wildman–Crippen MR) is 106 cm³/mol. The third kappa shape index (κ3) is 4.50. The third-order valence-corrected chi connectivity index (χ3v) is 4.25. The summed E-state index contributed by atoms with van der Waals surface area (Å²) in [4.78, 5) is 12.7. The van der Waals surface area contributed by atoms with Gasteiger partial charge in [-0.2, -0.15) is 0 Å². The first-order valence-electron chi connectivity index (χ1n) is 8.75. The van der Waals surface area contributed by atoms with Crippen LogP contribution in [0.25, 0.3) is 10.8 Å². The molecule has 0 radical (unpaired) electrons. The quantitative estimate of drug-likeness (QED) is 0.686. The highest BCUT2D eigenvalue weighted by molar-refractivity contribution is 6.01. The van der Waals surface area contributed by atoms with E-state index in [2.05, 4.69) is 5.32 Å². The summed E-state index contributed by atoms with van der Waals surface area (Å²) in [5.41, 5.74) is 0.507. The van der Waals surface area contributed by atoms with Gasteiger partial charge in [-0.15, -0.1) is 0 Å². The molecule has 0 fully saturated rings. The average Bonchev–Trinajstić information content (AvgIpc) is 2.71. The van der Waals surface area contributed by atoms with Gasteiger partial charge in [0.25, 0.3) is 5.91 Å². The molecule has 1 unspecified atom stereocenters. The first kappa shape index (κ1) is 18.6. The van der Waals surface area contributed by atoms with Gasteiger partial charge in [0, 0.05) is 0 Å². The summed E-state index contributed by atoms with van der Waals surface area (Å²) in [5, 5.41) is 4.98. The van der Waals surface area contributed by atoms with Crippen molar-refractivity contribution in [1.82, 2.24) is 5.32 Å². The van der Waals surface area contributed by atoms with E-state index in [1.165, 1.54) is 0 Å². The predicted octanol–water partition coefficient (Wildman–Crippen LogP) is 4.05. The lowest BCUT2D eigenvalue weighted by Crippen LogP contribution is -2.37. The second kappa shape index (κ2) is 8.45. The van der Waals surface area contributed by atoms with Crippen molar-refractivity contribution in [1.29, 1.82) is 0 Å². The van der Waals surface area contributed by atoms with Crippen LogP contribution in [0.3, 0.4) is 0 Å². The van der Waals surface area contributed by atoms with Gasteiger partial charge in [0.15, 0.2) is 0 Å². The fourth-order valence-electron chi connectivity index (χ4n) is 2.80. The number of nitrogens with one attached hydrogen (secondary N) is 1. The normalized spacial score (nSPS) is 11.7. The van der Waals surface area contributed by atoms with E-state index < -0.39 is 0 Å². The largest absolute Gasteiger partial charge is 0.497 e. The number of amides is 1. The van der Waals surface area contributed by atoms with E-state index in [-0.39, 0.29) is 11.9 Å². The summed E-state index contributed by atoms with van der Waals surface area (Å²) in [7, 11) is 3.19. The Morgan fingerprint density at radius 2 is 1.56 bits per heavy atom. The highest BCUT2D eigenvalue weighted by atomic mass is 16.5. The molecule has 3 aromatic rings. The molecular formula is C22H23NO4. The molecule has 27 heavy (non-hydrogen) atoms. The van der Waals surface area contributed by atoms with E-state index in [1.54, 1.807) is 14.2 Å². The fourth-order valence-corrected chi connectivity index (χ4v) is 2.80. The molecule has 0 bridgehead atoms. The number of hydrogen-bond donors (Lipinski definition) is 1. The van der Waals surface area contributed by atoms with E-state index in [4.69, 9.17) is 14.2 Å². The zero-order valence-electron chi connectivity index (χ0n) is 15.7. The molecule has 140 valence electrons. The van der Waals surface area contributed by atoms with Crippen molar-refractivity contribution in [3.63, 3.8) is 0 Å². The fraction of sp³-hybridized carbons (Fsp3) is 0.227. The lowest BCUT2D eigenvalue weighted by molar-refractivity contribution is 0.0924. The van der Waals surface area contributed by atoms with E-state index in [1.807, 2.05) is 67.6 Å². The Morgan fingerprint density at radius 1 is 0.926 bits per heavy atom. The molecule has 0 aliphatic heterocycles. The van der Waals surface area contributed by atoms with Crippen LogP contribution in [-0.4, -0.2) is 32.8 Å². The van der Waals surface area contributed by atoms with Crippen molar-refractivity contribution >= 4 is 16.7 Å². The first-order chi connectivity index (χ1) is 13.1. The second-order valence-electron chi connectivity index (χ2n) is 6.26. The van der Waals surface area contributed by atoms with Crippen LogP contribution >= 0.6 is 0 Å². The molecule has 0 spiro atoms. The number of rotatable bonds is 7. The highest BCUT2D eigenvalue weighted by Gasteiger charge is 2.16. The van der Waals surface area contributed by atoms with E-state index in [0.717, 1.165) is 22.3 Å². The van der Waals surface area contributed by atoms with Crippen molar-refractivity contribution in [3.05, 3.63) is 66.2 Å². The Bertz CT molecular complexity index is 921. The Balaban J connectivity index is 1.66. The maximum atomic E-state index is 12.7. The summed E-state index contributed by atoms with van der Waals surface area (Å²) >= 11 is 0. The number of methoxy groups -OCH3 is 2. The molecule has 5 nitrogen and oxygen atoms in total. The summed E-state index contributed by atoms with van der Waals surface area (Å²) in [6, 6.07) is 18.8. The monoisotopic (exact) mass is 365 g/mol. The number of ether oxygens (including phenoxy) is 3. The van der Waals surface area contributed by atoms with Gasteiger partial charge in [0.1, 0.15) is 23.9 Å². The molecule has 0 aromatic heterocycles. The molecule has 3 aromatic carbocycles. The Labute approximate surface area is 158 Å². The topological polar surface area (TPSA) is 56.8 Å². The third-order valence-electron chi connectivity index (χ3n) is 4.25. The SMILES string of the molecule is COc1ccc(OCC(C)NC(=O)c2cc3ccccc3cc2OC)cc1. The van der Waals surface area contributed by atoms with Gasteiger partial charge < -0.3 is 19.5 Å². The molecular weight excluding hydrogens is 342 g/mol. The van der Waals surface area contributed by atoms with Gasteiger partial charge in [-0.25, -0.2) is 0 Å². The second-order valence-corrected chi connectivity index (χ2v) is 6.26. The standard InChI is InChI=1S/C22H23NO4/c1-15(14-27-19-10-8-18(25-2)9-11-19)23-22(24)20-12-16-6-4-5-7-17(16)13-21(20)26-3/h4-13,15H,14H2,1-3H3,(H,23,24). The van der Waals surface area contributed by atoms with Gasteiger partial charge in [-0.3, -0.25) is 4.79 Å². The Morgan fingerprint density at radius 3 is 2.19 bits per heavy atom.